The molecule has 0 aliphatic heterocycles. The quantitative estimate of drug-likeness (QED) is 0.767. The van der Waals surface area contributed by atoms with Crippen molar-refractivity contribution in [3.8, 4) is 11.8 Å². The van der Waals surface area contributed by atoms with E-state index in [4.69, 9.17) is 10.00 Å². The lowest BCUT2D eigenvalue weighted by atomic mass is 9.87. The molecular weight excluding hydrogens is 326 g/mol. The Morgan fingerprint density at radius 1 is 1.14 bits per heavy atom. The lowest BCUT2D eigenvalue weighted by Crippen LogP contribution is -2.11. The average Bonchev–Trinajstić information content (AvgIpc) is 2.45. The summed E-state index contributed by atoms with van der Waals surface area (Å²) in [6.45, 7) is 6.92. The zero-order chi connectivity index (χ0) is 15.5. The molecule has 0 fully saturated rings. The third-order valence-electron chi connectivity index (χ3n) is 3.32. The van der Waals surface area contributed by atoms with Gasteiger partial charge in [-0.2, -0.15) is 5.26 Å². The summed E-state index contributed by atoms with van der Waals surface area (Å²) in [7, 11) is 0. The molecule has 3 heteroatoms. The molecule has 2 nitrogen and oxygen atoms in total. The van der Waals surface area contributed by atoms with Gasteiger partial charge in [-0.05, 0) is 45.1 Å². The fraction of sp³-hybridized carbons (Fsp3) is 0.278. The van der Waals surface area contributed by atoms with Gasteiger partial charge in [0.25, 0.3) is 0 Å². The molecule has 0 amide bonds. The Hall–Kier alpha value is -1.79. The molecule has 0 spiro atoms. The number of halogens is 1. The van der Waals surface area contributed by atoms with Crippen LogP contribution in [0.1, 0.15) is 37.5 Å². The maximum absolute atomic E-state index is 9.08. The van der Waals surface area contributed by atoms with E-state index in [-0.39, 0.29) is 5.41 Å². The highest BCUT2D eigenvalue weighted by atomic mass is 79.9. The van der Waals surface area contributed by atoms with Gasteiger partial charge in [-0.3, -0.25) is 0 Å². The Morgan fingerprint density at radius 2 is 1.86 bits per heavy atom. The van der Waals surface area contributed by atoms with E-state index >= 15 is 0 Å². The van der Waals surface area contributed by atoms with Gasteiger partial charge in [-0.15, -0.1) is 0 Å². The van der Waals surface area contributed by atoms with Crippen molar-refractivity contribution in [2.75, 3.05) is 0 Å². The van der Waals surface area contributed by atoms with E-state index in [9.17, 15) is 0 Å². The van der Waals surface area contributed by atoms with Crippen molar-refractivity contribution in [3.05, 3.63) is 63.6 Å². The molecule has 2 aromatic rings. The number of hydrogen-bond acceptors (Lipinski definition) is 2. The highest BCUT2D eigenvalue weighted by molar-refractivity contribution is 9.10. The number of ether oxygens (including phenoxy) is 1. The van der Waals surface area contributed by atoms with E-state index in [1.54, 1.807) is 6.07 Å². The highest BCUT2D eigenvalue weighted by Crippen LogP contribution is 2.32. The van der Waals surface area contributed by atoms with E-state index in [0.29, 0.717) is 12.2 Å². The van der Waals surface area contributed by atoms with Crippen molar-refractivity contribution in [2.45, 2.75) is 32.8 Å². The van der Waals surface area contributed by atoms with Gasteiger partial charge in [0, 0.05) is 5.56 Å². The Bertz CT molecular complexity index is 680. The maximum atomic E-state index is 9.08. The summed E-state index contributed by atoms with van der Waals surface area (Å²) in [5.74, 6) is 0.788. The molecule has 0 atom stereocenters. The number of rotatable bonds is 3. The molecule has 2 rings (SSSR count). The summed E-state index contributed by atoms with van der Waals surface area (Å²) >= 11 is 3.56. The first-order valence-electron chi connectivity index (χ1n) is 6.82. The summed E-state index contributed by atoms with van der Waals surface area (Å²) in [5, 5.41) is 9.08. The molecule has 0 aliphatic carbocycles. The number of hydrogen-bond donors (Lipinski definition) is 0. The van der Waals surface area contributed by atoms with Crippen molar-refractivity contribution in [1.82, 2.24) is 0 Å². The first-order valence-corrected chi connectivity index (χ1v) is 7.62. The second kappa shape index (κ2) is 6.32. The van der Waals surface area contributed by atoms with Crippen LogP contribution in [-0.4, -0.2) is 0 Å². The van der Waals surface area contributed by atoms with E-state index in [1.807, 2.05) is 24.3 Å². The smallest absolute Gasteiger partial charge is 0.134 e. The molecular formula is C18H18BrNO. The Balaban J connectivity index is 2.16. The molecule has 2 aromatic carbocycles. The molecule has 0 saturated carbocycles. The van der Waals surface area contributed by atoms with Crippen LogP contribution in [0.5, 0.6) is 5.75 Å². The maximum Gasteiger partial charge on any atom is 0.134 e. The molecule has 0 aromatic heterocycles. The first-order chi connectivity index (χ1) is 9.91. The van der Waals surface area contributed by atoms with Crippen molar-refractivity contribution in [3.63, 3.8) is 0 Å². The first kappa shape index (κ1) is 15.6. The zero-order valence-corrected chi connectivity index (χ0v) is 14.1. The summed E-state index contributed by atoms with van der Waals surface area (Å²) in [6, 6.07) is 15.8. The van der Waals surface area contributed by atoms with Crippen molar-refractivity contribution in [2.24, 2.45) is 0 Å². The molecule has 108 valence electrons. The third-order valence-corrected chi connectivity index (χ3v) is 3.94. The number of nitrogens with zero attached hydrogens (tertiary/aromatic N) is 1. The van der Waals surface area contributed by atoms with Crippen LogP contribution >= 0.6 is 15.9 Å². The number of nitriles is 1. The van der Waals surface area contributed by atoms with Crippen LogP contribution in [-0.2, 0) is 12.0 Å². The second-order valence-corrected chi connectivity index (χ2v) is 6.81. The molecule has 0 heterocycles. The predicted octanol–water partition coefficient (Wildman–Crippen LogP) is 5.20. The van der Waals surface area contributed by atoms with Gasteiger partial charge in [0.2, 0.25) is 0 Å². The van der Waals surface area contributed by atoms with Crippen LogP contribution in [0, 0.1) is 11.3 Å². The number of benzene rings is 2. The van der Waals surface area contributed by atoms with Gasteiger partial charge in [0.15, 0.2) is 0 Å². The highest BCUT2D eigenvalue weighted by Gasteiger charge is 2.15. The molecule has 0 radical (unpaired) electrons. The minimum atomic E-state index is 0.106. The molecule has 0 saturated heterocycles. The fourth-order valence-electron chi connectivity index (χ4n) is 2.00. The van der Waals surface area contributed by atoms with Crippen molar-refractivity contribution < 1.29 is 4.74 Å². The topological polar surface area (TPSA) is 33.0 Å². The molecule has 21 heavy (non-hydrogen) atoms. The third kappa shape index (κ3) is 3.86. The molecule has 0 aliphatic rings. The lowest BCUT2D eigenvalue weighted by Gasteiger charge is -2.20. The largest absolute Gasteiger partial charge is 0.488 e. The predicted molar refractivity (Wildman–Crippen MR) is 88.3 cm³/mol. The van der Waals surface area contributed by atoms with Crippen LogP contribution in [0.3, 0.4) is 0 Å². The van der Waals surface area contributed by atoms with Crippen LogP contribution < -0.4 is 4.74 Å². The van der Waals surface area contributed by atoms with Crippen molar-refractivity contribution >= 4 is 15.9 Å². The summed E-state index contributed by atoms with van der Waals surface area (Å²) < 4.78 is 6.77. The van der Waals surface area contributed by atoms with Gasteiger partial charge < -0.3 is 4.74 Å². The Labute approximate surface area is 134 Å². The van der Waals surface area contributed by atoms with E-state index in [0.717, 1.165) is 15.8 Å². The Kier molecular flexibility index (Phi) is 4.69. The van der Waals surface area contributed by atoms with Crippen molar-refractivity contribution in [1.29, 1.82) is 5.26 Å². The van der Waals surface area contributed by atoms with Gasteiger partial charge in [-0.1, -0.05) is 45.0 Å². The van der Waals surface area contributed by atoms with Crippen LogP contribution in [0.4, 0.5) is 0 Å². The van der Waals surface area contributed by atoms with Gasteiger partial charge in [0.05, 0.1) is 16.1 Å². The normalized spacial score (nSPS) is 11.0. The van der Waals surface area contributed by atoms with Crippen LogP contribution in [0.15, 0.2) is 46.9 Å². The van der Waals surface area contributed by atoms with E-state index in [1.165, 1.54) is 5.56 Å². The van der Waals surface area contributed by atoms with Gasteiger partial charge >= 0.3 is 0 Å². The monoisotopic (exact) mass is 343 g/mol. The standard InChI is InChI=1S/C18H18BrNO/c1-18(2,3)15-8-9-17(16(19)10-15)21-12-14-7-5-4-6-13(14)11-20/h4-10H,12H2,1-3H3. The molecule has 0 bridgehead atoms. The fourth-order valence-corrected chi connectivity index (χ4v) is 2.49. The SMILES string of the molecule is CC(C)(C)c1ccc(OCc2ccccc2C#N)c(Br)c1. The van der Waals surface area contributed by atoms with Gasteiger partial charge in [0.1, 0.15) is 12.4 Å². The lowest BCUT2D eigenvalue weighted by molar-refractivity contribution is 0.303. The van der Waals surface area contributed by atoms with E-state index < -0.39 is 0 Å². The summed E-state index contributed by atoms with van der Waals surface area (Å²) in [4.78, 5) is 0. The Morgan fingerprint density at radius 3 is 2.48 bits per heavy atom. The average molecular weight is 344 g/mol. The summed E-state index contributed by atoms with van der Waals surface area (Å²) in [6.07, 6.45) is 0. The van der Waals surface area contributed by atoms with Crippen LogP contribution in [0.2, 0.25) is 0 Å². The minimum absolute atomic E-state index is 0.106. The molecule has 0 N–H and O–H groups in total. The summed E-state index contributed by atoms with van der Waals surface area (Å²) in [5.41, 5.74) is 2.90. The van der Waals surface area contributed by atoms with Gasteiger partial charge in [-0.25, -0.2) is 0 Å². The van der Waals surface area contributed by atoms with Crippen LogP contribution in [0.25, 0.3) is 0 Å². The zero-order valence-electron chi connectivity index (χ0n) is 12.5. The second-order valence-electron chi connectivity index (χ2n) is 5.95. The minimum Gasteiger partial charge on any atom is -0.488 e. The molecule has 0 unspecified atom stereocenters. The van der Waals surface area contributed by atoms with E-state index in [2.05, 4.69) is 54.9 Å².